The summed E-state index contributed by atoms with van der Waals surface area (Å²) >= 11 is 0. The van der Waals surface area contributed by atoms with Gasteiger partial charge in [-0.2, -0.15) is 0 Å². The fraction of sp³-hybridized carbons (Fsp3) is 0.562. The van der Waals surface area contributed by atoms with Gasteiger partial charge in [0.2, 0.25) is 0 Å². The molecule has 25 heavy (non-hydrogen) atoms. The summed E-state index contributed by atoms with van der Waals surface area (Å²) in [5.41, 5.74) is 0. The summed E-state index contributed by atoms with van der Waals surface area (Å²) in [6, 6.07) is 0. The fourth-order valence-corrected chi connectivity index (χ4v) is 3.01. The molecule has 3 aliphatic heterocycles. The van der Waals surface area contributed by atoms with Crippen molar-refractivity contribution < 1.29 is 19.2 Å². The van der Waals surface area contributed by atoms with Crippen molar-refractivity contribution in [1.82, 2.24) is 24.7 Å². The minimum Gasteiger partial charge on any atom is -0.362 e. The van der Waals surface area contributed by atoms with E-state index in [4.69, 9.17) is 4.84 Å². The Hall–Kier alpha value is -2.71. The molecule has 0 radical (unpaired) electrons. The summed E-state index contributed by atoms with van der Waals surface area (Å²) in [4.78, 5) is 49.2. The van der Waals surface area contributed by atoms with E-state index in [1.54, 1.807) is 0 Å². The van der Waals surface area contributed by atoms with Crippen LogP contribution in [0.3, 0.4) is 0 Å². The van der Waals surface area contributed by atoms with Crippen molar-refractivity contribution in [2.75, 3.05) is 40.5 Å². The van der Waals surface area contributed by atoms with Gasteiger partial charge < -0.3 is 24.4 Å². The lowest BCUT2D eigenvalue weighted by Gasteiger charge is -2.28. The van der Waals surface area contributed by atoms with Crippen LogP contribution >= 0.6 is 0 Å². The van der Waals surface area contributed by atoms with Crippen molar-refractivity contribution in [3.05, 3.63) is 24.8 Å². The second-order valence-corrected chi connectivity index (χ2v) is 6.62. The number of rotatable bonds is 6. The normalized spacial score (nSPS) is 20.0. The van der Waals surface area contributed by atoms with E-state index < -0.39 is 23.7 Å². The number of nitrogens with zero attached hydrogens (tertiary/aromatic N) is 5. The summed E-state index contributed by atoms with van der Waals surface area (Å²) < 4.78 is 0. The van der Waals surface area contributed by atoms with Crippen molar-refractivity contribution in [2.45, 2.75) is 12.8 Å². The highest BCUT2D eigenvalue weighted by Gasteiger charge is 2.36. The second kappa shape index (κ2) is 7.04. The molecular formula is C16H23N5O4. The highest BCUT2D eigenvalue weighted by atomic mass is 16.7. The molecule has 136 valence electrons. The van der Waals surface area contributed by atoms with E-state index >= 15 is 0 Å². The van der Waals surface area contributed by atoms with E-state index in [-0.39, 0.29) is 12.8 Å². The molecule has 9 heteroatoms. The van der Waals surface area contributed by atoms with Crippen LogP contribution in [0.1, 0.15) is 12.8 Å². The van der Waals surface area contributed by atoms with E-state index in [0.29, 0.717) is 31.5 Å². The molecule has 9 nitrogen and oxygen atoms in total. The summed E-state index contributed by atoms with van der Waals surface area (Å²) in [6.07, 6.45) is 7.88. The van der Waals surface area contributed by atoms with Crippen molar-refractivity contribution in [1.29, 1.82) is 0 Å². The number of carbonyl (C=O) groups is 3. The average Bonchev–Trinajstić information content (AvgIpc) is 3.24. The van der Waals surface area contributed by atoms with Gasteiger partial charge in [-0.25, -0.2) is 4.79 Å². The average molecular weight is 349 g/mol. The van der Waals surface area contributed by atoms with Gasteiger partial charge in [-0.05, 0) is 0 Å². The van der Waals surface area contributed by atoms with Crippen LogP contribution in [-0.2, 0) is 19.2 Å². The lowest BCUT2D eigenvalue weighted by molar-refractivity contribution is -0.201. The predicted octanol–water partition coefficient (Wildman–Crippen LogP) is -0.438. The van der Waals surface area contributed by atoms with Crippen LogP contribution in [0.2, 0.25) is 0 Å². The van der Waals surface area contributed by atoms with Gasteiger partial charge in [-0.3, -0.25) is 9.59 Å². The Labute approximate surface area is 146 Å². The zero-order chi connectivity index (χ0) is 18.0. The smallest absolute Gasteiger partial charge is 0.339 e. The van der Waals surface area contributed by atoms with Crippen molar-refractivity contribution in [2.24, 2.45) is 5.92 Å². The predicted molar refractivity (Wildman–Crippen MR) is 87.6 cm³/mol. The zero-order valence-corrected chi connectivity index (χ0v) is 14.5. The summed E-state index contributed by atoms with van der Waals surface area (Å²) in [5.74, 6) is -1.97. The molecule has 1 fully saturated rings. The maximum absolute atomic E-state index is 12.6. The maximum atomic E-state index is 12.6. The van der Waals surface area contributed by atoms with Crippen LogP contribution in [0.4, 0.5) is 0 Å². The first kappa shape index (κ1) is 17.1. The maximum Gasteiger partial charge on any atom is 0.339 e. The quantitative estimate of drug-likeness (QED) is 0.598. The van der Waals surface area contributed by atoms with Crippen LogP contribution in [0.25, 0.3) is 0 Å². The largest absolute Gasteiger partial charge is 0.362 e. The Bertz CT molecular complexity index is 576. The van der Waals surface area contributed by atoms with E-state index in [2.05, 4.69) is 0 Å². The van der Waals surface area contributed by atoms with E-state index in [1.807, 2.05) is 58.5 Å². The number of imide groups is 1. The molecule has 0 aromatic rings. The summed E-state index contributed by atoms with van der Waals surface area (Å²) in [5, 5.41) is 0.618. The fourth-order valence-electron chi connectivity index (χ4n) is 3.01. The molecule has 3 rings (SSSR count). The van der Waals surface area contributed by atoms with Gasteiger partial charge in [-0.15, -0.1) is 5.06 Å². The lowest BCUT2D eigenvalue weighted by Crippen LogP contribution is -2.42. The molecule has 0 unspecified atom stereocenters. The first-order chi connectivity index (χ1) is 11.9. The molecule has 2 amide bonds. The third-order valence-electron chi connectivity index (χ3n) is 4.30. The van der Waals surface area contributed by atoms with Gasteiger partial charge in [-0.1, -0.05) is 0 Å². The molecule has 0 aromatic heterocycles. The third-order valence-corrected chi connectivity index (χ3v) is 4.30. The zero-order valence-electron chi connectivity index (χ0n) is 14.5. The number of carbonyl (C=O) groups excluding carboxylic acids is 3. The SMILES string of the molecule is CN1C=CN(CC(CN2C=CN(C)C2)C(=O)ON2C(=O)CCC2=O)C1. The topological polar surface area (TPSA) is 76.6 Å². The molecule has 0 aromatic carbocycles. The van der Waals surface area contributed by atoms with Crippen LogP contribution in [-0.4, -0.2) is 83.0 Å². The summed E-state index contributed by atoms with van der Waals surface area (Å²) in [6.45, 7) is 2.26. The molecule has 0 aliphatic carbocycles. The van der Waals surface area contributed by atoms with E-state index in [0.717, 1.165) is 0 Å². The molecule has 3 heterocycles. The summed E-state index contributed by atoms with van der Waals surface area (Å²) in [7, 11) is 3.90. The van der Waals surface area contributed by atoms with Crippen molar-refractivity contribution in [3.8, 4) is 0 Å². The Morgan fingerprint density at radius 3 is 1.84 bits per heavy atom. The van der Waals surface area contributed by atoms with Crippen LogP contribution in [0, 0.1) is 5.92 Å². The molecule has 0 bridgehead atoms. The van der Waals surface area contributed by atoms with Gasteiger partial charge in [0.15, 0.2) is 0 Å². The number of hydrogen-bond donors (Lipinski definition) is 0. The number of hydrogen-bond acceptors (Lipinski definition) is 8. The van der Waals surface area contributed by atoms with Crippen LogP contribution in [0.15, 0.2) is 24.8 Å². The van der Waals surface area contributed by atoms with Gasteiger partial charge in [0.25, 0.3) is 11.8 Å². The number of amides is 2. The van der Waals surface area contributed by atoms with E-state index in [1.165, 1.54) is 0 Å². The Morgan fingerprint density at radius 1 is 0.960 bits per heavy atom. The monoisotopic (exact) mass is 349 g/mol. The molecule has 0 atom stereocenters. The Kier molecular flexibility index (Phi) is 4.82. The standard InChI is InChI=1S/C16H23N5O4/c1-17-5-7-19(11-17)9-13(10-20-8-6-18(2)12-20)16(24)25-21-14(22)3-4-15(21)23/h5-8,13H,3-4,9-12H2,1-2H3. The molecule has 3 aliphatic rings. The molecule has 1 saturated heterocycles. The molecule has 0 spiro atoms. The van der Waals surface area contributed by atoms with Crippen molar-refractivity contribution in [3.63, 3.8) is 0 Å². The lowest BCUT2D eigenvalue weighted by atomic mass is 10.1. The first-order valence-corrected chi connectivity index (χ1v) is 8.25. The minimum absolute atomic E-state index is 0.0933. The highest BCUT2D eigenvalue weighted by Crippen LogP contribution is 2.17. The molecular weight excluding hydrogens is 326 g/mol. The van der Waals surface area contributed by atoms with Crippen LogP contribution in [0.5, 0.6) is 0 Å². The van der Waals surface area contributed by atoms with Gasteiger partial charge in [0, 0.05) is 64.8 Å². The van der Waals surface area contributed by atoms with Gasteiger partial charge >= 0.3 is 5.97 Å². The molecule has 0 N–H and O–H groups in total. The molecule has 0 saturated carbocycles. The minimum atomic E-state index is -0.561. The van der Waals surface area contributed by atoms with Gasteiger partial charge in [0.1, 0.15) is 0 Å². The highest BCUT2D eigenvalue weighted by molar-refractivity contribution is 6.01. The van der Waals surface area contributed by atoms with E-state index in [9.17, 15) is 14.4 Å². The Morgan fingerprint density at radius 2 is 1.44 bits per heavy atom. The second-order valence-electron chi connectivity index (χ2n) is 6.62. The third kappa shape index (κ3) is 4.04. The van der Waals surface area contributed by atoms with Crippen molar-refractivity contribution >= 4 is 17.8 Å². The Balaban J connectivity index is 1.65. The van der Waals surface area contributed by atoms with Gasteiger partial charge in [0.05, 0.1) is 19.3 Å². The van der Waals surface area contributed by atoms with Crippen LogP contribution < -0.4 is 0 Å². The number of hydroxylamine groups is 2. The first-order valence-electron chi connectivity index (χ1n) is 8.25.